The van der Waals surface area contributed by atoms with Gasteiger partial charge in [-0.2, -0.15) is 0 Å². The van der Waals surface area contributed by atoms with Crippen molar-refractivity contribution in [2.24, 2.45) is 11.7 Å². The lowest BCUT2D eigenvalue weighted by molar-refractivity contribution is -0.123. The number of amides is 1. The number of aromatic nitrogens is 2. The SMILES string of the molecule is CC(C)[C@H](N)C(=O)NCC(=O)c1cnccn1. The lowest BCUT2D eigenvalue weighted by Gasteiger charge is -2.14. The van der Waals surface area contributed by atoms with E-state index in [2.05, 4.69) is 15.3 Å². The number of hydrogen-bond acceptors (Lipinski definition) is 5. The van der Waals surface area contributed by atoms with E-state index in [0.29, 0.717) is 0 Å². The van der Waals surface area contributed by atoms with E-state index in [1.807, 2.05) is 13.8 Å². The van der Waals surface area contributed by atoms with Gasteiger partial charge >= 0.3 is 0 Å². The van der Waals surface area contributed by atoms with Gasteiger partial charge in [0.15, 0.2) is 0 Å². The van der Waals surface area contributed by atoms with Crippen molar-refractivity contribution in [1.29, 1.82) is 0 Å². The van der Waals surface area contributed by atoms with Crippen molar-refractivity contribution in [3.63, 3.8) is 0 Å². The standard InChI is InChI=1S/C11H16N4O2/c1-7(2)10(12)11(17)15-6-9(16)8-5-13-3-4-14-8/h3-5,7,10H,6,12H2,1-2H3,(H,15,17)/t10-/m0/s1. The molecule has 6 nitrogen and oxygen atoms in total. The normalized spacial score (nSPS) is 12.2. The van der Waals surface area contributed by atoms with Crippen LogP contribution in [0.1, 0.15) is 24.3 Å². The zero-order chi connectivity index (χ0) is 12.8. The quantitative estimate of drug-likeness (QED) is 0.687. The molecular weight excluding hydrogens is 220 g/mol. The van der Waals surface area contributed by atoms with Crippen LogP contribution < -0.4 is 11.1 Å². The van der Waals surface area contributed by atoms with Gasteiger partial charge in [0.25, 0.3) is 0 Å². The van der Waals surface area contributed by atoms with Gasteiger partial charge in [0.2, 0.25) is 11.7 Å². The lowest BCUT2D eigenvalue weighted by atomic mass is 10.1. The molecule has 0 spiro atoms. The van der Waals surface area contributed by atoms with Crippen LogP contribution in [-0.4, -0.2) is 34.2 Å². The summed E-state index contributed by atoms with van der Waals surface area (Å²) in [5, 5.41) is 2.48. The highest BCUT2D eigenvalue weighted by molar-refractivity contribution is 5.98. The molecule has 1 rings (SSSR count). The molecule has 0 aromatic carbocycles. The van der Waals surface area contributed by atoms with E-state index < -0.39 is 6.04 Å². The Bertz CT molecular complexity index is 392. The van der Waals surface area contributed by atoms with Gasteiger partial charge in [-0.1, -0.05) is 13.8 Å². The summed E-state index contributed by atoms with van der Waals surface area (Å²) in [6.07, 6.45) is 4.26. The number of rotatable bonds is 5. The third-order valence-electron chi connectivity index (χ3n) is 2.29. The molecule has 6 heteroatoms. The van der Waals surface area contributed by atoms with E-state index in [1.54, 1.807) is 0 Å². The van der Waals surface area contributed by atoms with Gasteiger partial charge in [-0.25, -0.2) is 4.98 Å². The highest BCUT2D eigenvalue weighted by Gasteiger charge is 2.18. The van der Waals surface area contributed by atoms with Crippen LogP contribution in [0.5, 0.6) is 0 Å². The molecule has 0 radical (unpaired) electrons. The number of nitrogens with two attached hydrogens (primary N) is 1. The predicted octanol–water partition coefficient (Wildman–Crippen LogP) is -0.241. The summed E-state index contributed by atoms with van der Waals surface area (Å²) in [4.78, 5) is 30.7. The number of hydrogen-bond donors (Lipinski definition) is 2. The first-order valence-corrected chi connectivity index (χ1v) is 5.35. The Kier molecular flexibility index (Phi) is 4.71. The maximum Gasteiger partial charge on any atom is 0.237 e. The molecule has 0 bridgehead atoms. The summed E-state index contributed by atoms with van der Waals surface area (Å²) >= 11 is 0. The van der Waals surface area contributed by atoms with E-state index >= 15 is 0 Å². The van der Waals surface area contributed by atoms with Crippen molar-refractivity contribution in [3.05, 3.63) is 24.3 Å². The Labute approximate surface area is 99.6 Å². The molecule has 1 aromatic heterocycles. The number of ketones is 1. The van der Waals surface area contributed by atoms with Gasteiger partial charge in [-0.05, 0) is 5.92 Å². The first kappa shape index (κ1) is 13.2. The van der Waals surface area contributed by atoms with Crippen LogP contribution in [0.15, 0.2) is 18.6 Å². The highest BCUT2D eigenvalue weighted by atomic mass is 16.2. The minimum absolute atomic E-state index is 0.0293. The summed E-state index contributed by atoms with van der Waals surface area (Å²) in [7, 11) is 0. The maximum absolute atomic E-state index is 11.6. The van der Waals surface area contributed by atoms with Crippen molar-refractivity contribution in [1.82, 2.24) is 15.3 Å². The second kappa shape index (κ2) is 6.05. The van der Waals surface area contributed by atoms with Crippen LogP contribution in [0.25, 0.3) is 0 Å². The second-order valence-electron chi connectivity index (χ2n) is 4.00. The van der Waals surface area contributed by atoms with Crippen LogP contribution in [0.4, 0.5) is 0 Å². The third kappa shape index (κ3) is 3.92. The van der Waals surface area contributed by atoms with Gasteiger partial charge in [0.1, 0.15) is 5.69 Å². The third-order valence-corrected chi connectivity index (χ3v) is 2.29. The zero-order valence-electron chi connectivity index (χ0n) is 9.88. The van der Waals surface area contributed by atoms with E-state index in [4.69, 9.17) is 5.73 Å². The average molecular weight is 236 g/mol. The van der Waals surface area contributed by atoms with Gasteiger partial charge in [0, 0.05) is 12.4 Å². The van der Waals surface area contributed by atoms with Gasteiger partial charge in [-0.3, -0.25) is 14.6 Å². The summed E-state index contributed by atoms with van der Waals surface area (Å²) in [5.41, 5.74) is 5.86. The largest absolute Gasteiger partial charge is 0.347 e. The molecule has 0 aliphatic rings. The molecule has 0 unspecified atom stereocenters. The number of nitrogens with one attached hydrogen (secondary N) is 1. The molecule has 0 saturated carbocycles. The van der Waals surface area contributed by atoms with E-state index in [1.165, 1.54) is 18.6 Å². The molecule has 0 aliphatic carbocycles. The molecule has 1 amide bonds. The van der Waals surface area contributed by atoms with E-state index in [-0.39, 0.29) is 29.8 Å². The van der Waals surface area contributed by atoms with Crippen molar-refractivity contribution in [2.45, 2.75) is 19.9 Å². The van der Waals surface area contributed by atoms with E-state index in [0.717, 1.165) is 0 Å². The molecule has 0 aliphatic heterocycles. The lowest BCUT2D eigenvalue weighted by Crippen LogP contribution is -2.45. The Morgan fingerprint density at radius 3 is 2.65 bits per heavy atom. The van der Waals surface area contributed by atoms with Crippen molar-refractivity contribution < 1.29 is 9.59 Å². The average Bonchev–Trinajstić information content (AvgIpc) is 2.35. The summed E-state index contributed by atoms with van der Waals surface area (Å²) in [6.45, 7) is 3.57. The van der Waals surface area contributed by atoms with Crippen LogP contribution >= 0.6 is 0 Å². The van der Waals surface area contributed by atoms with Crippen molar-refractivity contribution >= 4 is 11.7 Å². The minimum Gasteiger partial charge on any atom is -0.347 e. The summed E-state index contributed by atoms with van der Waals surface area (Å²) in [5.74, 6) is -0.596. The fraction of sp³-hybridized carbons (Fsp3) is 0.455. The number of Topliss-reactive ketones (excluding diaryl/α,β-unsaturated/α-hetero) is 1. The van der Waals surface area contributed by atoms with Gasteiger partial charge in [0.05, 0.1) is 18.8 Å². The summed E-state index contributed by atoms with van der Waals surface area (Å²) in [6, 6.07) is -0.607. The van der Waals surface area contributed by atoms with Crippen LogP contribution in [0.2, 0.25) is 0 Å². The molecule has 3 N–H and O–H groups in total. The fourth-order valence-electron chi connectivity index (χ4n) is 1.12. The number of carbonyl (C=O) groups excluding carboxylic acids is 2. The van der Waals surface area contributed by atoms with Gasteiger partial charge in [-0.15, -0.1) is 0 Å². The van der Waals surface area contributed by atoms with E-state index in [9.17, 15) is 9.59 Å². The molecule has 92 valence electrons. The predicted molar refractivity (Wildman–Crippen MR) is 62.2 cm³/mol. The molecular formula is C11H16N4O2. The Morgan fingerprint density at radius 2 is 2.12 bits per heavy atom. The number of carbonyl (C=O) groups is 2. The Morgan fingerprint density at radius 1 is 1.41 bits per heavy atom. The first-order valence-electron chi connectivity index (χ1n) is 5.35. The zero-order valence-corrected chi connectivity index (χ0v) is 9.88. The van der Waals surface area contributed by atoms with Crippen LogP contribution in [-0.2, 0) is 4.79 Å². The molecule has 0 saturated heterocycles. The second-order valence-corrected chi connectivity index (χ2v) is 4.00. The van der Waals surface area contributed by atoms with Crippen LogP contribution in [0, 0.1) is 5.92 Å². The van der Waals surface area contributed by atoms with Crippen molar-refractivity contribution in [2.75, 3.05) is 6.54 Å². The molecule has 1 atom stereocenters. The summed E-state index contributed by atoms with van der Waals surface area (Å²) < 4.78 is 0. The number of nitrogens with zero attached hydrogens (tertiary/aromatic N) is 2. The fourth-order valence-corrected chi connectivity index (χ4v) is 1.12. The molecule has 1 aromatic rings. The molecule has 17 heavy (non-hydrogen) atoms. The maximum atomic E-state index is 11.6. The first-order chi connectivity index (χ1) is 8.02. The van der Waals surface area contributed by atoms with Gasteiger partial charge < -0.3 is 11.1 Å². The Hall–Kier alpha value is -1.82. The van der Waals surface area contributed by atoms with Crippen LogP contribution in [0.3, 0.4) is 0 Å². The monoisotopic (exact) mass is 236 g/mol. The highest BCUT2D eigenvalue weighted by Crippen LogP contribution is 1.98. The smallest absolute Gasteiger partial charge is 0.237 e. The van der Waals surface area contributed by atoms with Crippen molar-refractivity contribution in [3.8, 4) is 0 Å². The molecule has 1 heterocycles. The minimum atomic E-state index is -0.607. The Balaban J connectivity index is 2.47. The topological polar surface area (TPSA) is 98.0 Å². The molecule has 0 fully saturated rings.